The minimum Gasteiger partial charge on any atom is -0.326 e. The van der Waals surface area contributed by atoms with Gasteiger partial charge in [0.1, 0.15) is 0 Å². The highest BCUT2D eigenvalue weighted by molar-refractivity contribution is 5.90. The predicted molar refractivity (Wildman–Crippen MR) is 74.5 cm³/mol. The van der Waals surface area contributed by atoms with E-state index < -0.39 is 0 Å². The van der Waals surface area contributed by atoms with Crippen molar-refractivity contribution in [3.05, 3.63) is 18.2 Å². The topological polar surface area (TPSA) is 72.9 Å². The zero-order valence-corrected chi connectivity index (χ0v) is 11.7. The number of nitrogens with two attached hydrogens (primary N) is 1. The first-order valence-electron chi connectivity index (χ1n) is 7.69. The molecule has 0 aromatic carbocycles. The lowest BCUT2D eigenvalue weighted by Gasteiger charge is -2.57. The molecule has 4 aliphatic rings. The van der Waals surface area contributed by atoms with Gasteiger partial charge in [0.2, 0.25) is 0 Å². The molecule has 0 atom stereocenters. The Morgan fingerprint density at radius 3 is 2.45 bits per heavy atom. The van der Waals surface area contributed by atoms with Crippen LogP contribution in [-0.4, -0.2) is 15.5 Å². The Balaban J connectivity index is 1.60. The van der Waals surface area contributed by atoms with Gasteiger partial charge in [-0.25, -0.2) is 10.8 Å². The van der Waals surface area contributed by atoms with Crippen LogP contribution in [0.3, 0.4) is 0 Å². The third-order valence-corrected chi connectivity index (χ3v) is 5.72. The average Bonchev–Trinajstić information content (AvgIpc) is 2.83. The van der Waals surface area contributed by atoms with Crippen LogP contribution in [0, 0.1) is 23.2 Å². The number of hydrazine groups is 1. The molecule has 0 saturated heterocycles. The number of carbonyl (C=O) groups is 1. The van der Waals surface area contributed by atoms with Gasteiger partial charge in [0.05, 0.1) is 0 Å². The van der Waals surface area contributed by atoms with E-state index >= 15 is 0 Å². The van der Waals surface area contributed by atoms with Crippen LogP contribution in [0.25, 0.3) is 0 Å². The second kappa shape index (κ2) is 4.32. The standard InChI is InChI=1S/C15H22N4O/c16-18-14(20)13-17-1-2-19(13)9-15-6-10-3-11(7-15)5-12(4-10)8-15/h1-2,10-12H,3-9,16H2,(H,18,20). The molecule has 4 fully saturated rings. The fourth-order valence-corrected chi connectivity index (χ4v) is 5.56. The number of nitrogens with zero attached hydrogens (tertiary/aromatic N) is 2. The first-order valence-corrected chi connectivity index (χ1v) is 7.69. The molecule has 0 unspecified atom stereocenters. The number of amides is 1. The molecule has 1 heterocycles. The SMILES string of the molecule is NNC(=O)c1nccn1CC12CC3CC(CC(C3)C1)C2. The largest absolute Gasteiger partial charge is 0.326 e. The summed E-state index contributed by atoms with van der Waals surface area (Å²) in [5.41, 5.74) is 2.60. The van der Waals surface area contributed by atoms with Crippen molar-refractivity contribution in [1.82, 2.24) is 15.0 Å². The molecule has 5 rings (SSSR count). The van der Waals surface area contributed by atoms with Crippen molar-refractivity contribution in [2.75, 3.05) is 0 Å². The summed E-state index contributed by atoms with van der Waals surface area (Å²) in [7, 11) is 0. The Hall–Kier alpha value is -1.36. The first-order chi connectivity index (χ1) is 9.67. The molecule has 1 amide bonds. The third-order valence-electron chi connectivity index (χ3n) is 5.72. The summed E-state index contributed by atoms with van der Waals surface area (Å²) < 4.78 is 2.01. The number of hydrogen-bond donors (Lipinski definition) is 2. The van der Waals surface area contributed by atoms with E-state index in [1.807, 2.05) is 10.8 Å². The summed E-state index contributed by atoms with van der Waals surface area (Å²) in [6.45, 7) is 0.930. The molecule has 4 saturated carbocycles. The maximum atomic E-state index is 11.8. The van der Waals surface area contributed by atoms with Crippen molar-refractivity contribution >= 4 is 5.91 Å². The Morgan fingerprint density at radius 1 is 1.30 bits per heavy atom. The Bertz CT molecular complexity index is 500. The van der Waals surface area contributed by atoms with E-state index in [1.54, 1.807) is 6.20 Å². The van der Waals surface area contributed by atoms with E-state index in [9.17, 15) is 4.79 Å². The number of carbonyl (C=O) groups excluding carboxylic acids is 1. The molecule has 1 aromatic heterocycles. The van der Waals surface area contributed by atoms with E-state index in [4.69, 9.17) is 5.84 Å². The number of nitrogen functional groups attached to an aromatic ring is 1. The van der Waals surface area contributed by atoms with E-state index in [1.165, 1.54) is 38.5 Å². The van der Waals surface area contributed by atoms with Crippen LogP contribution in [0.15, 0.2) is 12.4 Å². The van der Waals surface area contributed by atoms with Gasteiger partial charge in [-0.2, -0.15) is 0 Å². The molecule has 0 radical (unpaired) electrons. The van der Waals surface area contributed by atoms with Gasteiger partial charge in [0, 0.05) is 18.9 Å². The lowest BCUT2D eigenvalue weighted by Crippen LogP contribution is -2.48. The van der Waals surface area contributed by atoms with Crippen molar-refractivity contribution < 1.29 is 4.79 Å². The third kappa shape index (κ3) is 1.87. The fraction of sp³-hybridized carbons (Fsp3) is 0.733. The monoisotopic (exact) mass is 274 g/mol. The van der Waals surface area contributed by atoms with Gasteiger partial charge in [-0.3, -0.25) is 10.2 Å². The highest BCUT2D eigenvalue weighted by Crippen LogP contribution is 2.60. The molecule has 0 spiro atoms. The van der Waals surface area contributed by atoms with Crippen molar-refractivity contribution in [1.29, 1.82) is 0 Å². The highest BCUT2D eigenvalue weighted by atomic mass is 16.2. The van der Waals surface area contributed by atoms with Gasteiger partial charge in [0.15, 0.2) is 5.82 Å². The Kier molecular flexibility index (Phi) is 2.67. The molecule has 20 heavy (non-hydrogen) atoms. The first kappa shape index (κ1) is 12.4. The molecule has 5 heteroatoms. The molecule has 4 bridgehead atoms. The lowest BCUT2D eigenvalue weighted by molar-refractivity contribution is -0.0621. The quantitative estimate of drug-likeness (QED) is 0.500. The summed E-state index contributed by atoms with van der Waals surface area (Å²) in [5.74, 6) is 8.18. The van der Waals surface area contributed by atoms with Gasteiger partial charge < -0.3 is 4.57 Å². The van der Waals surface area contributed by atoms with Crippen LogP contribution < -0.4 is 11.3 Å². The van der Waals surface area contributed by atoms with Gasteiger partial charge in [-0.15, -0.1) is 0 Å². The average molecular weight is 274 g/mol. The zero-order chi connectivity index (χ0) is 13.7. The van der Waals surface area contributed by atoms with Crippen molar-refractivity contribution in [3.8, 4) is 0 Å². The summed E-state index contributed by atoms with van der Waals surface area (Å²) in [5, 5.41) is 0. The fourth-order valence-electron chi connectivity index (χ4n) is 5.56. The van der Waals surface area contributed by atoms with Crippen LogP contribution in [-0.2, 0) is 6.54 Å². The minimum absolute atomic E-state index is 0.292. The second-order valence-electron chi connectivity index (χ2n) is 7.27. The lowest BCUT2D eigenvalue weighted by atomic mass is 9.49. The van der Waals surface area contributed by atoms with Crippen LogP contribution >= 0.6 is 0 Å². The van der Waals surface area contributed by atoms with Crippen molar-refractivity contribution in [2.45, 2.75) is 45.1 Å². The van der Waals surface area contributed by atoms with Crippen LogP contribution in [0.2, 0.25) is 0 Å². The second-order valence-corrected chi connectivity index (χ2v) is 7.27. The van der Waals surface area contributed by atoms with E-state index in [-0.39, 0.29) is 5.91 Å². The summed E-state index contributed by atoms with van der Waals surface area (Å²) in [6.07, 6.45) is 12.0. The molecule has 0 aliphatic heterocycles. The maximum absolute atomic E-state index is 11.8. The number of rotatable bonds is 3. The van der Waals surface area contributed by atoms with E-state index in [0.717, 1.165) is 24.3 Å². The van der Waals surface area contributed by atoms with Gasteiger partial charge in [-0.05, 0) is 61.7 Å². The number of hydrogen-bond acceptors (Lipinski definition) is 3. The molecular weight excluding hydrogens is 252 g/mol. The Labute approximate surface area is 118 Å². The summed E-state index contributed by atoms with van der Waals surface area (Å²) in [6, 6.07) is 0. The molecule has 108 valence electrons. The zero-order valence-electron chi connectivity index (χ0n) is 11.7. The van der Waals surface area contributed by atoms with Gasteiger partial charge in [-0.1, -0.05) is 0 Å². The van der Waals surface area contributed by atoms with Crippen LogP contribution in [0.1, 0.15) is 49.1 Å². The molecule has 5 nitrogen and oxygen atoms in total. The normalized spacial score (nSPS) is 38.1. The van der Waals surface area contributed by atoms with E-state index in [2.05, 4.69) is 10.4 Å². The number of imidazole rings is 1. The van der Waals surface area contributed by atoms with Crippen LogP contribution in [0.4, 0.5) is 0 Å². The minimum atomic E-state index is -0.292. The predicted octanol–water partition coefficient (Wildman–Crippen LogP) is 1.70. The van der Waals surface area contributed by atoms with Crippen LogP contribution in [0.5, 0.6) is 0 Å². The molecule has 1 aromatic rings. The number of nitrogens with one attached hydrogen (secondary N) is 1. The highest BCUT2D eigenvalue weighted by Gasteiger charge is 2.51. The van der Waals surface area contributed by atoms with Gasteiger partial charge in [0.25, 0.3) is 0 Å². The van der Waals surface area contributed by atoms with Crippen molar-refractivity contribution in [3.63, 3.8) is 0 Å². The maximum Gasteiger partial charge on any atom is 0.301 e. The van der Waals surface area contributed by atoms with E-state index in [0.29, 0.717) is 11.2 Å². The molecular formula is C15H22N4O. The van der Waals surface area contributed by atoms with Gasteiger partial charge >= 0.3 is 5.91 Å². The smallest absolute Gasteiger partial charge is 0.301 e. The number of aromatic nitrogens is 2. The summed E-state index contributed by atoms with van der Waals surface area (Å²) >= 11 is 0. The molecule has 4 aliphatic carbocycles. The summed E-state index contributed by atoms with van der Waals surface area (Å²) in [4.78, 5) is 15.9. The molecule has 3 N–H and O–H groups in total. The Morgan fingerprint density at radius 2 is 1.90 bits per heavy atom. The van der Waals surface area contributed by atoms with Crippen molar-refractivity contribution in [2.24, 2.45) is 29.0 Å².